The van der Waals surface area contributed by atoms with Crippen LogP contribution in [-0.4, -0.2) is 26.9 Å². The first-order chi connectivity index (χ1) is 8.51. The number of hydrogen-bond acceptors (Lipinski definition) is 3. The van der Waals surface area contributed by atoms with Gasteiger partial charge >= 0.3 is 0 Å². The lowest BCUT2D eigenvalue weighted by Crippen LogP contribution is -2.36. The molecule has 0 saturated carbocycles. The van der Waals surface area contributed by atoms with Crippen molar-refractivity contribution in [2.45, 2.75) is 22.7 Å². The Morgan fingerprint density at radius 1 is 1.33 bits per heavy atom. The first-order valence-corrected chi connectivity index (χ1v) is 8.05. The number of sulfonamides is 1. The van der Waals surface area contributed by atoms with Crippen LogP contribution in [0.5, 0.6) is 0 Å². The molecule has 0 aliphatic carbocycles. The number of amides is 1. The predicted molar refractivity (Wildman–Crippen MR) is 70.8 cm³/mol. The summed E-state index contributed by atoms with van der Waals surface area (Å²) < 4.78 is 26.6. The van der Waals surface area contributed by atoms with E-state index in [1.165, 1.54) is 0 Å². The van der Waals surface area contributed by atoms with Gasteiger partial charge in [0.15, 0.2) is 0 Å². The summed E-state index contributed by atoms with van der Waals surface area (Å²) in [5.41, 5.74) is 1.01. The minimum absolute atomic E-state index is 0.127. The van der Waals surface area contributed by atoms with Crippen molar-refractivity contribution in [1.29, 1.82) is 0 Å². The topological polar surface area (TPSA) is 75.3 Å². The van der Waals surface area contributed by atoms with E-state index in [2.05, 4.69) is 26.0 Å². The third-order valence-corrected chi connectivity index (χ3v) is 4.87. The molecule has 7 heteroatoms. The highest BCUT2D eigenvalue weighted by Crippen LogP contribution is 2.14. The van der Waals surface area contributed by atoms with E-state index in [4.69, 9.17) is 0 Å². The van der Waals surface area contributed by atoms with Gasteiger partial charge in [-0.1, -0.05) is 28.1 Å². The van der Waals surface area contributed by atoms with Crippen LogP contribution in [0.3, 0.4) is 0 Å². The van der Waals surface area contributed by atoms with Crippen molar-refractivity contribution >= 4 is 31.9 Å². The quantitative estimate of drug-likeness (QED) is 0.799. The molecule has 0 spiro atoms. The van der Waals surface area contributed by atoms with Gasteiger partial charge in [-0.15, -0.1) is 0 Å². The predicted octanol–water partition coefficient (Wildman–Crippen LogP) is 0.748. The number of benzene rings is 1. The summed E-state index contributed by atoms with van der Waals surface area (Å²) in [6.07, 6.45) is 0.193. The molecule has 1 unspecified atom stereocenters. The average Bonchev–Trinajstić information content (AvgIpc) is 2.74. The Balaban J connectivity index is 2.12. The van der Waals surface area contributed by atoms with Crippen molar-refractivity contribution in [1.82, 2.24) is 10.0 Å². The van der Waals surface area contributed by atoms with Gasteiger partial charge in [0.2, 0.25) is 15.9 Å². The summed E-state index contributed by atoms with van der Waals surface area (Å²) in [5.74, 6) is -0.127. The van der Waals surface area contributed by atoms with Gasteiger partial charge < -0.3 is 5.32 Å². The fourth-order valence-electron chi connectivity index (χ4n) is 1.73. The maximum Gasteiger partial charge on any atom is 0.240 e. The second-order valence-corrected chi connectivity index (χ2v) is 6.38. The third-order valence-electron chi connectivity index (χ3n) is 2.69. The Morgan fingerprint density at radius 3 is 2.50 bits per heavy atom. The molecule has 18 heavy (non-hydrogen) atoms. The van der Waals surface area contributed by atoms with E-state index in [1.54, 1.807) is 24.3 Å². The fourth-order valence-corrected chi connectivity index (χ4v) is 3.34. The Bertz CT molecular complexity index is 542. The molecule has 1 atom stereocenters. The van der Waals surface area contributed by atoms with Gasteiger partial charge in [-0.05, 0) is 17.7 Å². The van der Waals surface area contributed by atoms with Crippen molar-refractivity contribution in [3.05, 3.63) is 29.8 Å². The number of nitrogens with one attached hydrogen (secondary N) is 2. The number of rotatable bonds is 4. The molecular formula is C11H13BrN2O3S. The van der Waals surface area contributed by atoms with Gasteiger partial charge in [-0.3, -0.25) is 4.79 Å². The van der Waals surface area contributed by atoms with Crippen LogP contribution in [0.4, 0.5) is 0 Å². The molecule has 1 aromatic rings. The monoisotopic (exact) mass is 332 g/mol. The van der Waals surface area contributed by atoms with Crippen LogP contribution in [-0.2, 0) is 20.1 Å². The van der Waals surface area contributed by atoms with Crippen molar-refractivity contribution in [2.75, 3.05) is 6.54 Å². The molecule has 1 aliphatic rings. The second-order valence-electron chi connectivity index (χ2n) is 4.10. The SMILES string of the molecule is O=C1CC(NS(=O)(=O)c2ccc(CBr)cc2)CN1. The molecule has 2 rings (SSSR count). The molecule has 1 saturated heterocycles. The first-order valence-electron chi connectivity index (χ1n) is 5.45. The van der Waals surface area contributed by atoms with Gasteiger partial charge in [0.25, 0.3) is 0 Å². The van der Waals surface area contributed by atoms with Crippen LogP contribution < -0.4 is 10.0 Å². The first kappa shape index (κ1) is 13.5. The van der Waals surface area contributed by atoms with Crippen molar-refractivity contribution in [3.63, 3.8) is 0 Å². The zero-order chi connectivity index (χ0) is 13.2. The normalized spacial score (nSPS) is 19.8. The minimum Gasteiger partial charge on any atom is -0.354 e. The molecule has 5 nitrogen and oxygen atoms in total. The van der Waals surface area contributed by atoms with E-state index in [0.29, 0.717) is 11.9 Å². The highest BCUT2D eigenvalue weighted by Gasteiger charge is 2.26. The summed E-state index contributed by atoms with van der Waals surface area (Å²) >= 11 is 3.30. The van der Waals surface area contributed by atoms with E-state index < -0.39 is 10.0 Å². The van der Waals surface area contributed by atoms with Crippen LogP contribution in [0.2, 0.25) is 0 Å². The maximum atomic E-state index is 12.0. The summed E-state index contributed by atoms with van der Waals surface area (Å²) in [7, 11) is -3.55. The zero-order valence-electron chi connectivity index (χ0n) is 9.52. The number of carbonyl (C=O) groups is 1. The lowest BCUT2D eigenvalue weighted by atomic mass is 10.2. The molecule has 1 aliphatic heterocycles. The highest BCUT2D eigenvalue weighted by molar-refractivity contribution is 9.08. The minimum atomic E-state index is -3.55. The van der Waals surface area contributed by atoms with Crippen molar-refractivity contribution in [3.8, 4) is 0 Å². The van der Waals surface area contributed by atoms with Crippen LogP contribution in [0.1, 0.15) is 12.0 Å². The molecule has 0 aromatic heterocycles. The molecule has 1 fully saturated rings. The molecular weight excluding hydrogens is 320 g/mol. The number of halogens is 1. The van der Waals surface area contributed by atoms with Gasteiger partial charge in [0.05, 0.1) is 4.90 Å². The Kier molecular flexibility index (Phi) is 4.04. The highest BCUT2D eigenvalue weighted by atomic mass is 79.9. The van der Waals surface area contributed by atoms with Gasteiger partial charge in [-0.2, -0.15) is 0 Å². The van der Waals surface area contributed by atoms with E-state index in [1.807, 2.05) is 0 Å². The number of alkyl halides is 1. The van der Waals surface area contributed by atoms with Crippen molar-refractivity contribution in [2.24, 2.45) is 0 Å². The summed E-state index contributed by atoms with van der Waals surface area (Å²) in [5, 5.41) is 3.27. The second kappa shape index (κ2) is 5.38. The Labute approximate surface area is 114 Å². The van der Waals surface area contributed by atoms with Crippen LogP contribution in [0.25, 0.3) is 0 Å². The molecule has 98 valence electrons. The van der Waals surface area contributed by atoms with Crippen LogP contribution >= 0.6 is 15.9 Å². The van der Waals surface area contributed by atoms with Gasteiger partial charge in [0.1, 0.15) is 0 Å². The van der Waals surface area contributed by atoms with Gasteiger partial charge in [0, 0.05) is 24.3 Å². The van der Waals surface area contributed by atoms with E-state index in [9.17, 15) is 13.2 Å². The smallest absolute Gasteiger partial charge is 0.240 e. The molecule has 1 amide bonds. The van der Waals surface area contributed by atoms with E-state index in [-0.39, 0.29) is 23.3 Å². The van der Waals surface area contributed by atoms with Crippen LogP contribution in [0, 0.1) is 0 Å². The van der Waals surface area contributed by atoms with E-state index in [0.717, 1.165) is 5.56 Å². The lowest BCUT2D eigenvalue weighted by Gasteiger charge is -2.11. The van der Waals surface area contributed by atoms with Crippen molar-refractivity contribution < 1.29 is 13.2 Å². The Hall–Kier alpha value is -0.920. The number of carbonyl (C=O) groups excluding carboxylic acids is 1. The Morgan fingerprint density at radius 2 is 2.00 bits per heavy atom. The maximum absolute atomic E-state index is 12.0. The lowest BCUT2D eigenvalue weighted by molar-refractivity contribution is -0.119. The molecule has 0 radical (unpaired) electrons. The summed E-state index contributed by atoms with van der Waals surface area (Å²) in [6.45, 7) is 0.345. The molecule has 2 N–H and O–H groups in total. The molecule has 1 heterocycles. The third kappa shape index (κ3) is 3.09. The summed E-state index contributed by atoms with van der Waals surface area (Å²) in [6, 6.07) is 6.26. The molecule has 1 aromatic carbocycles. The summed E-state index contributed by atoms with van der Waals surface area (Å²) in [4.78, 5) is 11.2. The molecule has 0 bridgehead atoms. The standard InChI is InChI=1S/C11H13BrN2O3S/c12-6-8-1-3-10(4-2-8)18(16,17)14-9-5-11(15)13-7-9/h1-4,9,14H,5-7H2,(H,13,15). The zero-order valence-corrected chi connectivity index (χ0v) is 11.9. The fraction of sp³-hybridized carbons (Fsp3) is 0.364. The van der Waals surface area contributed by atoms with Gasteiger partial charge in [-0.25, -0.2) is 13.1 Å². The van der Waals surface area contributed by atoms with Crippen LogP contribution in [0.15, 0.2) is 29.2 Å². The van der Waals surface area contributed by atoms with E-state index >= 15 is 0 Å². The number of hydrogen-bond donors (Lipinski definition) is 2. The largest absolute Gasteiger partial charge is 0.354 e. The average molecular weight is 333 g/mol.